The molecule has 6 nitrogen and oxygen atoms in total. The number of urea groups is 1. The molecule has 0 aliphatic carbocycles. The maximum Gasteiger partial charge on any atom is 0.323 e. The molecule has 1 fully saturated rings. The average molecular weight is 347 g/mol. The number of amides is 2. The quantitative estimate of drug-likeness (QED) is 0.787. The zero-order valence-electron chi connectivity index (χ0n) is 14.5. The Bertz CT molecular complexity index is 862. The summed E-state index contributed by atoms with van der Waals surface area (Å²) >= 11 is 0. The zero-order valence-corrected chi connectivity index (χ0v) is 14.5. The first kappa shape index (κ1) is 16.3. The van der Waals surface area contributed by atoms with Crippen LogP contribution in [0.15, 0.2) is 66.9 Å². The minimum Gasteiger partial charge on any atom is -0.324 e. The van der Waals surface area contributed by atoms with Gasteiger partial charge in [-0.05, 0) is 17.5 Å². The maximum atomic E-state index is 12.5. The molecule has 1 aliphatic rings. The van der Waals surface area contributed by atoms with Crippen molar-refractivity contribution >= 4 is 11.8 Å². The molecule has 2 heterocycles. The Kier molecular flexibility index (Phi) is 4.64. The number of nitrogens with zero attached hydrogens (tertiary/aromatic N) is 4. The van der Waals surface area contributed by atoms with Crippen LogP contribution in [0.5, 0.6) is 0 Å². The van der Waals surface area contributed by atoms with Crippen LogP contribution >= 0.6 is 0 Å². The van der Waals surface area contributed by atoms with Crippen molar-refractivity contribution in [3.8, 4) is 0 Å². The molecule has 2 amide bonds. The Morgan fingerprint density at radius 3 is 2.58 bits per heavy atom. The molecule has 132 valence electrons. The minimum absolute atomic E-state index is 0.116. The summed E-state index contributed by atoms with van der Waals surface area (Å²) < 4.78 is 1.72. The molecule has 6 heteroatoms. The van der Waals surface area contributed by atoms with Crippen molar-refractivity contribution in [1.29, 1.82) is 0 Å². The molecular weight excluding hydrogens is 326 g/mol. The lowest BCUT2D eigenvalue weighted by atomic mass is 9.99. The molecule has 1 aromatic heterocycles. The van der Waals surface area contributed by atoms with Crippen molar-refractivity contribution in [3.63, 3.8) is 0 Å². The van der Waals surface area contributed by atoms with Crippen molar-refractivity contribution in [1.82, 2.24) is 19.9 Å². The molecule has 1 N–H and O–H groups in total. The molecule has 0 radical (unpaired) electrons. The summed E-state index contributed by atoms with van der Waals surface area (Å²) in [5.74, 6) is 0.879. The van der Waals surface area contributed by atoms with Gasteiger partial charge in [0.15, 0.2) is 5.82 Å². The third kappa shape index (κ3) is 3.74. The van der Waals surface area contributed by atoms with Gasteiger partial charge in [0.25, 0.3) is 0 Å². The highest BCUT2D eigenvalue weighted by atomic mass is 16.2. The van der Waals surface area contributed by atoms with Crippen molar-refractivity contribution < 1.29 is 4.79 Å². The summed E-state index contributed by atoms with van der Waals surface area (Å²) in [6.45, 7) is 2.11. The standard InChI is InChI=1S/C20H21N5O/c26-20(24-12-11-18(14-24)17-9-5-2-6-10-17)21-19-15-25(23-22-19)13-16-7-3-1-4-8-16/h1-10,15,18H,11-14H2,(H,21,26)/t18-/m0/s1. The van der Waals surface area contributed by atoms with Crippen LogP contribution in [0.3, 0.4) is 0 Å². The maximum absolute atomic E-state index is 12.5. The van der Waals surface area contributed by atoms with Gasteiger partial charge in [-0.3, -0.25) is 5.32 Å². The Hall–Kier alpha value is -3.15. The number of carbonyl (C=O) groups excluding carboxylic acids is 1. The zero-order chi connectivity index (χ0) is 17.8. The molecule has 0 bridgehead atoms. The van der Waals surface area contributed by atoms with E-state index in [0.29, 0.717) is 18.3 Å². The van der Waals surface area contributed by atoms with E-state index in [1.165, 1.54) is 5.56 Å². The third-order valence-corrected chi connectivity index (χ3v) is 4.71. The fourth-order valence-electron chi connectivity index (χ4n) is 3.33. The smallest absolute Gasteiger partial charge is 0.323 e. The van der Waals surface area contributed by atoms with Gasteiger partial charge in [0, 0.05) is 19.0 Å². The van der Waals surface area contributed by atoms with E-state index in [4.69, 9.17) is 0 Å². The van der Waals surface area contributed by atoms with Crippen LogP contribution in [-0.4, -0.2) is 39.0 Å². The van der Waals surface area contributed by atoms with Crippen LogP contribution in [-0.2, 0) is 6.54 Å². The van der Waals surface area contributed by atoms with Gasteiger partial charge in [-0.15, -0.1) is 5.10 Å². The van der Waals surface area contributed by atoms with E-state index in [9.17, 15) is 4.79 Å². The summed E-state index contributed by atoms with van der Waals surface area (Å²) in [5.41, 5.74) is 2.43. The minimum atomic E-state index is -0.116. The van der Waals surface area contributed by atoms with Crippen LogP contribution in [0, 0.1) is 0 Å². The van der Waals surface area contributed by atoms with Gasteiger partial charge >= 0.3 is 6.03 Å². The predicted molar refractivity (Wildman–Crippen MR) is 100.0 cm³/mol. The van der Waals surface area contributed by atoms with E-state index in [-0.39, 0.29) is 6.03 Å². The lowest BCUT2D eigenvalue weighted by molar-refractivity contribution is 0.222. The number of rotatable bonds is 4. The second kappa shape index (κ2) is 7.39. The van der Waals surface area contributed by atoms with E-state index in [1.807, 2.05) is 53.4 Å². The first-order valence-electron chi connectivity index (χ1n) is 8.83. The highest BCUT2D eigenvalue weighted by molar-refractivity contribution is 5.88. The lowest BCUT2D eigenvalue weighted by Crippen LogP contribution is -2.32. The Morgan fingerprint density at radius 2 is 1.81 bits per heavy atom. The van der Waals surface area contributed by atoms with Crippen molar-refractivity contribution in [2.45, 2.75) is 18.9 Å². The fourth-order valence-corrected chi connectivity index (χ4v) is 3.33. The Morgan fingerprint density at radius 1 is 1.08 bits per heavy atom. The highest BCUT2D eigenvalue weighted by Crippen LogP contribution is 2.27. The Balaban J connectivity index is 1.34. The van der Waals surface area contributed by atoms with E-state index >= 15 is 0 Å². The lowest BCUT2D eigenvalue weighted by Gasteiger charge is -2.16. The SMILES string of the molecule is O=C(Nc1cn(Cc2ccccc2)nn1)N1CC[C@H](c2ccccc2)C1. The molecule has 0 spiro atoms. The van der Waals surface area contributed by atoms with Gasteiger partial charge in [0.05, 0.1) is 12.7 Å². The molecule has 4 rings (SSSR count). The molecule has 3 aromatic rings. The van der Waals surface area contributed by atoms with Crippen molar-refractivity contribution in [2.75, 3.05) is 18.4 Å². The molecule has 0 saturated carbocycles. The number of aromatic nitrogens is 3. The number of anilines is 1. The fraction of sp³-hybridized carbons (Fsp3) is 0.250. The number of likely N-dealkylation sites (tertiary alicyclic amines) is 1. The number of nitrogens with one attached hydrogen (secondary N) is 1. The van der Waals surface area contributed by atoms with Gasteiger partial charge in [0.2, 0.25) is 0 Å². The van der Waals surface area contributed by atoms with Gasteiger partial charge in [-0.2, -0.15) is 0 Å². The first-order chi connectivity index (χ1) is 12.8. The summed E-state index contributed by atoms with van der Waals surface area (Å²) in [5, 5.41) is 11.0. The van der Waals surface area contributed by atoms with E-state index in [1.54, 1.807) is 10.9 Å². The van der Waals surface area contributed by atoms with Gasteiger partial charge in [-0.1, -0.05) is 65.9 Å². The second-order valence-electron chi connectivity index (χ2n) is 6.56. The average Bonchev–Trinajstić information content (AvgIpc) is 3.33. The van der Waals surface area contributed by atoms with Gasteiger partial charge in [0.1, 0.15) is 0 Å². The summed E-state index contributed by atoms with van der Waals surface area (Å²) in [6.07, 6.45) is 2.74. The number of hydrogen-bond donors (Lipinski definition) is 1. The number of hydrogen-bond acceptors (Lipinski definition) is 3. The summed E-state index contributed by atoms with van der Waals surface area (Å²) in [7, 11) is 0. The third-order valence-electron chi connectivity index (χ3n) is 4.71. The van der Waals surface area contributed by atoms with Crippen LogP contribution in [0.25, 0.3) is 0 Å². The Labute approximate surface area is 152 Å². The number of benzene rings is 2. The molecule has 1 saturated heterocycles. The molecule has 26 heavy (non-hydrogen) atoms. The second-order valence-corrected chi connectivity index (χ2v) is 6.56. The van der Waals surface area contributed by atoms with Crippen LogP contribution < -0.4 is 5.32 Å². The van der Waals surface area contributed by atoms with Crippen LogP contribution in [0.2, 0.25) is 0 Å². The van der Waals surface area contributed by atoms with Crippen molar-refractivity contribution in [2.24, 2.45) is 0 Å². The monoisotopic (exact) mass is 347 g/mol. The molecular formula is C20H21N5O. The largest absolute Gasteiger partial charge is 0.324 e. The van der Waals surface area contributed by atoms with Gasteiger partial charge < -0.3 is 4.90 Å². The van der Waals surface area contributed by atoms with Gasteiger partial charge in [-0.25, -0.2) is 9.48 Å². The highest BCUT2D eigenvalue weighted by Gasteiger charge is 2.27. The molecule has 0 unspecified atom stereocenters. The van der Waals surface area contributed by atoms with Crippen LogP contribution in [0.1, 0.15) is 23.5 Å². The van der Waals surface area contributed by atoms with Crippen molar-refractivity contribution in [3.05, 3.63) is 78.0 Å². The molecule has 1 atom stereocenters. The summed E-state index contributed by atoms with van der Waals surface area (Å²) in [4.78, 5) is 14.3. The number of carbonyl (C=O) groups is 1. The molecule has 1 aliphatic heterocycles. The predicted octanol–water partition coefficient (Wildman–Crippen LogP) is 3.35. The van der Waals surface area contributed by atoms with Crippen LogP contribution in [0.4, 0.5) is 10.6 Å². The van der Waals surface area contributed by atoms with E-state index in [0.717, 1.165) is 25.1 Å². The summed E-state index contributed by atoms with van der Waals surface area (Å²) in [6, 6.07) is 20.3. The van der Waals surface area contributed by atoms with E-state index < -0.39 is 0 Å². The normalized spacial score (nSPS) is 16.6. The molecule has 2 aromatic carbocycles. The first-order valence-corrected chi connectivity index (χ1v) is 8.83. The topological polar surface area (TPSA) is 63.1 Å². The van der Waals surface area contributed by atoms with E-state index in [2.05, 4.69) is 27.8 Å².